The molecule has 0 amide bonds. The molecule has 0 fully saturated rings. The summed E-state index contributed by atoms with van der Waals surface area (Å²) in [6.45, 7) is 2.12. The number of rotatable bonds is 5. The molecule has 1 N–H and O–H groups in total. The van der Waals surface area contributed by atoms with Gasteiger partial charge in [-0.1, -0.05) is 60.7 Å². The highest BCUT2D eigenvalue weighted by atomic mass is 16.3. The molecule has 1 heterocycles. The normalized spacial score (nSPS) is 12.5. The second kappa shape index (κ2) is 6.42. The highest BCUT2D eigenvalue weighted by Gasteiger charge is 2.18. The van der Waals surface area contributed by atoms with E-state index in [2.05, 4.69) is 60.8 Å². The summed E-state index contributed by atoms with van der Waals surface area (Å²) in [7, 11) is 0. The maximum Gasteiger partial charge on any atom is 0.120 e. The number of hydrogen-bond acceptors (Lipinski definition) is 2. The van der Waals surface area contributed by atoms with E-state index in [9.17, 15) is 0 Å². The molecule has 2 heteroatoms. The van der Waals surface area contributed by atoms with Crippen molar-refractivity contribution in [2.24, 2.45) is 0 Å². The lowest BCUT2D eigenvalue weighted by Gasteiger charge is -2.23. The Morgan fingerprint density at radius 2 is 1.33 bits per heavy atom. The molecule has 3 aromatic rings. The summed E-state index contributed by atoms with van der Waals surface area (Å²) in [5.41, 5.74) is 2.50. The van der Waals surface area contributed by atoms with Crippen LogP contribution in [-0.4, -0.2) is 0 Å². The summed E-state index contributed by atoms with van der Waals surface area (Å²) in [5, 5.41) is 3.66. The Morgan fingerprint density at radius 3 is 1.81 bits per heavy atom. The molecule has 3 rings (SSSR count). The van der Waals surface area contributed by atoms with Crippen LogP contribution in [0.1, 0.15) is 35.9 Å². The Labute approximate surface area is 125 Å². The Hall–Kier alpha value is -2.32. The fourth-order valence-corrected chi connectivity index (χ4v) is 2.55. The summed E-state index contributed by atoms with van der Waals surface area (Å²) in [6, 6.07) is 25.2. The molecule has 2 aromatic carbocycles. The van der Waals surface area contributed by atoms with Gasteiger partial charge in [-0.2, -0.15) is 0 Å². The molecule has 0 saturated carbocycles. The van der Waals surface area contributed by atoms with E-state index in [-0.39, 0.29) is 12.1 Å². The van der Waals surface area contributed by atoms with E-state index in [4.69, 9.17) is 4.42 Å². The van der Waals surface area contributed by atoms with Crippen molar-refractivity contribution in [2.45, 2.75) is 19.0 Å². The molecule has 0 unspecified atom stereocenters. The van der Waals surface area contributed by atoms with E-state index >= 15 is 0 Å². The Kier molecular flexibility index (Phi) is 4.17. The van der Waals surface area contributed by atoms with Gasteiger partial charge >= 0.3 is 0 Å². The van der Waals surface area contributed by atoms with Gasteiger partial charge in [-0.05, 0) is 30.2 Å². The van der Waals surface area contributed by atoms with Gasteiger partial charge in [0, 0.05) is 0 Å². The van der Waals surface area contributed by atoms with Crippen LogP contribution in [0.3, 0.4) is 0 Å². The highest BCUT2D eigenvalue weighted by molar-refractivity contribution is 5.32. The van der Waals surface area contributed by atoms with E-state index < -0.39 is 0 Å². The highest BCUT2D eigenvalue weighted by Crippen LogP contribution is 2.25. The van der Waals surface area contributed by atoms with Gasteiger partial charge in [0.1, 0.15) is 5.76 Å². The molecule has 0 saturated heterocycles. The van der Waals surface area contributed by atoms with E-state index in [1.54, 1.807) is 6.26 Å². The van der Waals surface area contributed by atoms with Gasteiger partial charge in [0.2, 0.25) is 0 Å². The summed E-state index contributed by atoms with van der Waals surface area (Å²) in [6.07, 6.45) is 1.72. The van der Waals surface area contributed by atoms with Crippen LogP contribution < -0.4 is 5.32 Å². The van der Waals surface area contributed by atoms with Gasteiger partial charge in [0.25, 0.3) is 0 Å². The lowest BCUT2D eigenvalue weighted by Crippen LogP contribution is -2.25. The van der Waals surface area contributed by atoms with E-state index in [1.807, 2.05) is 24.3 Å². The average molecular weight is 277 g/mol. The van der Waals surface area contributed by atoms with Crippen LogP contribution in [-0.2, 0) is 0 Å². The Balaban J connectivity index is 1.90. The molecule has 2 nitrogen and oxygen atoms in total. The topological polar surface area (TPSA) is 25.2 Å². The first-order chi connectivity index (χ1) is 10.3. The molecule has 106 valence electrons. The molecule has 0 aliphatic heterocycles. The molecule has 0 aliphatic carbocycles. The van der Waals surface area contributed by atoms with Crippen LogP contribution in [0.5, 0.6) is 0 Å². The third-order valence-corrected chi connectivity index (χ3v) is 3.65. The summed E-state index contributed by atoms with van der Waals surface area (Å²) in [4.78, 5) is 0. The quantitative estimate of drug-likeness (QED) is 0.730. The predicted molar refractivity (Wildman–Crippen MR) is 85.0 cm³/mol. The number of nitrogens with one attached hydrogen (secondary N) is 1. The van der Waals surface area contributed by atoms with Gasteiger partial charge in [-0.15, -0.1) is 0 Å². The molecule has 0 bridgehead atoms. The first-order valence-corrected chi connectivity index (χ1v) is 7.24. The van der Waals surface area contributed by atoms with Crippen molar-refractivity contribution in [1.82, 2.24) is 5.32 Å². The standard InChI is InChI=1S/C19H19NO/c1-15(18-13-8-14-21-18)20-19(16-9-4-2-5-10-16)17-11-6-3-7-12-17/h2-15,19-20H,1H3/t15-/m1/s1. The Bertz CT molecular complexity index is 607. The Morgan fingerprint density at radius 1 is 0.762 bits per heavy atom. The zero-order chi connectivity index (χ0) is 14.5. The fraction of sp³-hybridized carbons (Fsp3) is 0.158. The van der Waals surface area contributed by atoms with Crippen molar-refractivity contribution in [3.63, 3.8) is 0 Å². The fourth-order valence-electron chi connectivity index (χ4n) is 2.55. The third-order valence-electron chi connectivity index (χ3n) is 3.65. The maximum absolute atomic E-state index is 5.51. The first-order valence-electron chi connectivity index (χ1n) is 7.24. The molecule has 1 atom stereocenters. The largest absolute Gasteiger partial charge is 0.468 e. The van der Waals surface area contributed by atoms with Gasteiger partial charge in [-0.3, -0.25) is 5.32 Å². The minimum atomic E-state index is 0.144. The lowest BCUT2D eigenvalue weighted by atomic mass is 9.97. The third kappa shape index (κ3) is 3.23. The second-order valence-electron chi connectivity index (χ2n) is 5.16. The lowest BCUT2D eigenvalue weighted by molar-refractivity contribution is 0.411. The monoisotopic (exact) mass is 277 g/mol. The number of benzene rings is 2. The molecule has 21 heavy (non-hydrogen) atoms. The van der Waals surface area contributed by atoms with Crippen molar-refractivity contribution >= 4 is 0 Å². The molecular formula is C19H19NO. The van der Waals surface area contributed by atoms with E-state index in [1.165, 1.54) is 11.1 Å². The van der Waals surface area contributed by atoms with Crippen LogP contribution in [0.4, 0.5) is 0 Å². The maximum atomic E-state index is 5.51. The van der Waals surface area contributed by atoms with Crippen LogP contribution >= 0.6 is 0 Å². The minimum absolute atomic E-state index is 0.144. The molecule has 0 spiro atoms. The van der Waals surface area contributed by atoms with Crippen LogP contribution in [0.25, 0.3) is 0 Å². The van der Waals surface area contributed by atoms with Crippen LogP contribution in [0.2, 0.25) is 0 Å². The molecule has 1 aromatic heterocycles. The second-order valence-corrected chi connectivity index (χ2v) is 5.16. The molecule has 0 aliphatic rings. The predicted octanol–water partition coefficient (Wildman–Crippen LogP) is 4.72. The summed E-state index contributed by atoms with van der Waals surface area (Å²) >= 11 is 0. The van der Waals surface area contributed by atoms with Crippen molar-refractivity contribution in [3.8, 4) is 0 Å². The SMILES string of the molecule is C[C@@H](NC(c1ccccc1)c1ccccc1)c1ccco1. The van der Waals surface area contributed by atoms with Gasteiger partial charge in [-0.25, -0.2) is 0 Å². The van der Waals surface area contributed by atoms with Crippen molar-refractivity contribution < 1.29 is 4.42 Å². The van der Waals surface area contributed by atoms with Crippen LogP contribution in [0.15, 0.2) is 83.5 Å². The zero-order valence-electron chi connectivity index (χ0n) is 12.1. The van der Waals surface area contributed by atoms with Crippen molar-refractivity contribution in [1.29, 1.82) is 0 Å². The van der Waals surface area contributed by atoms with Gasteiger partial charge in [0.05, 0.1) is 18.3 Å². The van der Waals surface area contributed by atoms with Gasteiger partial charge in [0.15, 0.2) is 0 Å². The summed E-state index contributed by atoms with van der Waals surface area (Å²) < 4.78 is 5.51. The zero-order valence-corrected chi connectivity index (χ0v) is 12.1. The average Bonchev–Trinajstić information content (AvgIpc) is 3.09. The summed E-state index contributed by atoms with van der Waals surface area (Å²) in [5.74, 6) is 0.951. The van der Waals surface area contributed by atoms with Gasteiger partial charge < -0.3 is 4.42 Å². The van der Waals surface area contributed by atoms with Crippen molar-refractivity contribution in [2.75, 3.05) is 0 Å². The first kappa shape index (κ1) is 13.7. The van der Waals surface area contributed by atoms with Crippen molar-refractivity contribution in [3.05, 3.63) is 95.9 Å². The van der Waals surface area contributed by atoms with E-state index in [0.717, 1.165) is 5.76 Å². The smallest absolute Gasteiger partial charge is 0.120 e. The minimum Gasteiger partial charge on any atom is -0.468 e. The van der Waals surface area contributed by atoms with E-state index in [0.29, 0.717) is 0 Å². The number of furan rings is 1. The molecule has 0 radical (unpaired) electrons. The number of hydrogen-bond donors (Lipinski definition) is 1. The molecular weight excluding hydrogens is 258 g/mol. The van der Waals surface area contributed by atoms with Crippen LogP contribution in [0, 0.1) is 0 Å².